The molecule has 0 aromatic heterocycles. The van der Waals surface area contributed by atoms with Gasteiger partial charge in [0.25, 0.3) is 0 Å². The van der Waals surface area contributed by atoms with E-state index in [9.17, 15) is 13.2 Å². The third-order valence-electron chi connectivity index (χ3n) is 4.12. The van der Waals surface area contributed by atoms with Gasteiger partial charge in [0, 0.05) is 13.1 Å². The van der Waals surface area contributed by atoms with Crippen molar-refractivity contribution in [3.63, 3.8) is 0 Å². The molecule has 0 bridgehead atoms. The van der Waals surface area contributed by atoms with Gasteiger partial charge in [0.05, 0.1) is 11.7 Å². The first-order valence-corrected chi connectivity index (χ1v) is 8.67. The summed E-state index contributed by atoms with van der Waals surface area (Å²) < 4.78 is 26.3. The van der Waals surface area contributed by atoms with Gasteiger partial charge in [0.2, 0.25) is 10.0 Å². The molecule has 0 radical (unpaired) electrons. The summed E-state index contributed by atoms with van der Waals surface area (Å²) in [5.74, 6) is -1.78. The van der Waals surface area contributed by atoms with Gasteiger partial charge in [-0.15, -0.1) is 0 Å². The highest BCUT2D eigenvalue weighted by Crippen LogP contribution is 2.27. The Kier molecular flexibility index (Phi) is 4.68. The summed E-state index contributed by atoms with van der Waals surface area (Å²) in [4.78, 5) is 11.1. The molecule has 2 rings (SSSR count). The molecule has 1 aliphatic heterocycles. The van der Waals surface area contributed by atoms with Gasteiger partial charge >= 0.3 is 5.97 Å². The van der Waals surface area contributed by atoms with Gasteiger partial charge in [-0.25, -0.2) is 12.7 Å². The standard InChI is InChI=1S/C15H21NO4S/c1-11-8-16(9-14(11)15(17)18)21(19,20)10-12(2)13-6-4-3-5-7-13/h3-7,11-12,14H,8-10H2,1-2H3,(H,17,18). The Hall–Kier alpha value is -1.40. The molecular formula is C15H21NO4S. The van der Waals surface area contributed by atoms with Crippen LogP contribution in [-0.2, 0) is 14.8 Å². The topological polar surface area (TPSA) is 74.7 Å². The molecule has 1 aromatic rings. The fourth-order valence-corrected chi connectivity index (χ4v) is 4.66. The number of aliphatic carboxylic acids is 1. The van der Waals surface area contributed by atoms with Crippen LogP contribution in [0.25, 0.3) is 0 Å². The summed E-state index contributed by atoms with van der Waals surface area (Å²) in [6, 6.07) is 9.48. The van der Waals surface area contributed by atoms with E-state index in [-0.39, 0.29) is 24.1 Å². The molecule has 0 saturated carbocycles. The second kappa shape index (κ2) is 6.15. The van der Waals surface area contributed by atoms with E-state index in [0.29, 0.717) is 6.54 Å². The monoisotopic (exact) mass is 311 g/mol. The molecule has 1 heterocycles. The van der Waals surface area contributed by atoms with Crippen LogP contribution in [0.15, 0.2) is 30.3 Å². The Morgan fingerprint density at radius 1 is 1.33 bits per heavy atom. The smallest absolute Gasteiger partial charge is 0.308 e. The van der Waals surface area contributed by atoms with Crippen LogP contribution in [0.2, 0.25) is 0 Å². The number of hydrogen-bond donors (Lipinski definition) is 1. The SMILES string of the molecule is CC(CS(=O)(=O)N1CC(C)C(C(=O)O)C1)c1ccccc1. The highest BCUT2D eigenvalue weighted by molar-refractivity contribution is 7.89. The van der Waals surface area contributed by atoms with Crippen molar-refractivity contribution >= 4 is 16.0 Å². The zero-order valence-corrected chi connectivity index (χ0v) is 13.1. The van der Waals surface area contributed by atoms with E-state index in [0.717, 1.165) is 5.56 Å². The summed E-state index contributed by atoms with van der Waals surface area (Å²) in [7, 11) is -3.44. The summed E-state index contributed by atoms with van der Waals surface area (Å²) >= 11 is 0. The van der Waals surface area contributed by atoms with Gasteiger partial charge in [-0.1, -0.05) is 44.2 Å². The van der Waals surface area contributed by atoms with E-state index in [1.54, 1.807) is 6.92 Å². The lowest BCUT2D eigenvalue weighted by Gasteiger charge is -2.19. The summed E-state index contributed by atoms with van der Waals surface area (Å²) in [5, 5.41) is 9.11. The number of rotatable bonds is 5. The van der Waals surface area contributed by atoms with E-state index in [1.165, 1.54) is 4.31 Å². The summed E-state index contributed by atoms with van der Waals surface area (Å²) in [6.07, 6.45) is 0. The van der Waals surface area contributed by atoms with Crippen molar-refractivity contribution in [3.8, 4) is 0 Å². The molecule has 0 amide bonds. The van der Waals surface area contributed by atoms with Crippen LogP contribution in [0.5, 0.6) is 0 Å². The lowest BCUT2D eigenvalue weighted by molar-refractivity contribution is -0.142. The number of benzene rings is 1. The fourth-order valence-electron chi connectivity index (χ4n) is 2.77. The van der Waals surface area contributed by atoms with Crippen molar-refractivity contribution in [3.05, 3.63) is 35.9 Å². The van der Waals surface area contributed by atoms with Crippen molar-refractivity contribution in [1.82, 2.24) is 4.31 Å². The molecule has 0 spiro atoms. The Morgan fingerprint density at radius 3 is 2.48 bits per heavy atom. The van der Waals surface area contributed by atoms with Gasteiger partial charge in [0.15, 0.2) is 0 Å². The Bertz CT molecular complexity index is 599. The van der Waals surface area contributed by atoms with Crippen molar-refractivity contribution in [2.75, 3.05) is 18.8 Å². The van der Waals surface area contributed by atoms with Crippen LogP contribution in [0.1, 0.15) is 25.3 Å². The van der Waals surface area contributed by atoms with Gasteiger partial charge in [-0.3, -0.25) is 4.79 Å². The first kappa shape index (κ1) is 16.0. The van der Waals surface area contributed by atoms with Gasteiger partial charge in [0.1, 0.15) is 0 Å². The Labute approximate surface area is 125 Å². The predicted octanol–water partition coefficient (Wildman–Crippen LogP) is 1.77. The summed E-state index contributed by atoms with van der Waals surface area (Å²) in [5.41, 5.74) is 0.975. The van der Waals surface area contributed by atoms with Crippen molar-refractivity contribution in [1.29, 1.82) is 0 Å². The van der Waals surface area contributed by atoms with Crippen molar-refractivity contribution in [2.45, 2.75) is 19.8 Å². The predicted molar refractivity (Wildman–Crippen MR) is 80.5 cm³/mol. The van der Waals surface area contributed by atoms with Crippen LogP contribution >= 0.6 is 0 Å². The number of carboxylic acids is 1. The van der Waals surface area contributed by atoms with Crippen molar-refractivity contribution in [2.24, 2.45) is 11.8 Å². The number of carboxylic acid groups (broad SMARTS) is 1. The van der Waals surface area contributed by atoms with E-state index < -0.39 is 21.9 Å². The lowest BCUT2D eigenvalue weighted by atomic mass is 9.99. The Balaban J connectivity index is 2.08. The minimum Gasteiger partial charge on any atom is -0.481 e. The number of sulfonamides is 1. The van der Waals surface area contributed by atoms with Crippen molar-refractivity contribution < 1.29 is 18.3 Å². The van der Waals surface area contributed by atoms with Gasteiger partial charge < -0.3 is 5.11 Å². The second-order valence-corrected chi connectivity index (χ2v) is 7.84. The number of carbonyl (C=O) groups is 1. The number of nitrogens with zero attached hydrogens (tertiary/aromatic N) is 1. The van der Waals surface area contributed by atoms with E-state index in [2.05, 4.69) is 0 Å². The molecule has 3 atom stereocenters. The zero-order valence-electron chi connectivity index (χ0n) is 12.3. The highest BCUT2D eigenvalue weighted by Gasteiger charge is 2.40. The van der Waals surface area contributed by atoms with Crippen LogP contribution < -0.4 is 0 Å². The van der Waals surface area contributed by atoms with Crippen LogP contribution in [0, 0.1) is 11.8 Å². The van der Waals surface area contributed by atoms with Crippen LogP contribution in [-0.4, -0.2) is 42.6 Å². The molecule has 0 aliphatic carbocycles. The largest absolute Gasteiger partial charge is 0.481 e. The first-order chi connectivity index (χ1) is 9.81. The highest BCUT2D eigenvalue weighted by atomic mass is 32.2. The fraction of sp³-hybridized carbons (Fsp3) is 0.533. The normalized spacial score (nSPS) is 24.9. The third kappa shape index (κ3) is 3.63. The molecule has 5 nitrogen and oxygen atoms in total. The molecular weight excluding hydrogens is 290 g/mol. The molecule has 1 N–H and O–H groups in total. The zero-order chi connectivity index (χ0) is 15.6. The van der Waals surface area contributed by atoms with E-state index in [4.69, 9.17) is 5.11 Å². The maximum Gasteiger partial charge on any atom is 0.308 e. The third-order valence-corrected chi connectivity index (χ3v) is 6.12. The average molecular weight is 311 g/mol. The molecule has 6 heteroatoms. The minimum atomic E-state index is -3.44. The van der Waals surface area contributed by atoms with Gasteiger partial charge in [-0.2, -0.15) is 0 Å². The molecule has 3 unspecified atom stereocenters. The van der Waals surface area contributed by atoms with E-state index >= 15 is 0 Å². The van der Waals surface area contributed by atoms with Gasteiger partial charge in [-0.05, 0) is 17.4 Å². The Morgan fingerprint density at radius 2 is 1.95 bits per heavy atom. The molecule has 1 saturated heterocycles. The lowest BCUT2D eigenvalue weighted by Crippen LogP contribution is -2.33. The molecule has 1 aromatic carbocycles. The van der Waals surface area contributed by atoms with Crippen LogP contribution in [0.3, 0.4) is 0 Å². The molecule has 1 aliphatic rings. The maximum atomic E-state index is 12.5. The minimum absolute atomic E-state index is 0.00999. The molecule has 116 valence electrons. The quantitative estimate of drug-likeness (QED) is 0.899. The summed E-state index contributed by atoms with van der Waals surface area (Å²) in [6.45, 7) is 4.04. The second-order valence-electron chi connectivity index (χ2n) is 5.83. The van der Waals surface area contributed by atoms with E-state index in [1.807, 2.05) is 37.3 Å². The molecule has 21 heavy (non-hydrogen) atoms. The first-order valence-electron chi connectivity index (χ1n) is 7.07. The molecule has 1 fully saturated rings. The number of hydrogen-bond acceptors (Lipinski definition) is 3. The van der Waals surface area contributed by atoms with Crippen LogP contribution in [0.4, 0.5) is 0 Å². The maximum absolute atomic E-state index is 12.5. The average Bonchev–Trinajstić information content (AvgIpc) is 2.82.